The van der Waals surface area contributed by atoms with Crippen molar-refractivity contribution in [2.75, 3.05) is 58.2 Å². The average Bonchev–Trinajstić information content (AvgIpc) is 3.47. The summed E-state index contributed by atoms with van der Waals surface area (Å²) in [5.74, 6) is 0. The lowest BCUT2D eigenvalue weighted by atomic mass is 9.81. The highest BCUT2D eigenvalue weighted by molar-refractivity contribution is 7.10. The molecule has 1 aromatic heterocycles. The second-order valence-electron chi connectivity index (χ2n) is 12.8. The van der Waals surface area contributed by atoms with Crippen LogP contribution in [0.15, 0.2) is 29.6 Å². The molecule has 0 aliphatic carbocycles. The van der Waals surface area contributed by atoms with Crippen molar-refractivity contribution in [2.45, 2.75) is 62.9 Å². The number of likely N-dealkylation sites (N-methyl/N-ethyl adjacent to an activating group) is 1. The van der Waals surface area contributed by atoms with Gasteiger partial charge in [0.25, 0.3) is 0 Å². The molecule has 2 N–H and O–H groups in total. The highest BCUT2D eigenvalue weighted by atomic mass is 35.5. The molecule has 3 amide bonds. The van der Waals surface area contributed by atoms with Gasteiger partial charge in [0.1, 0.15) is 12.8 Å². The Morgan fingerprint density at radius 2 is 1.84 bits per heavy atom. The number of hydrogen-bond acceptors (Lipinski definition) is 7. The minimum atomic E-state index is -1.05. The van der Waals surface area contributed by atoms with Crippen LogP contribution in [0.2, 0.25) is 10.0 Å². The lowest BCUT2D eigenvalue weighted by molar-refractivity contribution is -0.942. The summed E-state index contributed by atoms with van der Waals surface area (Å²) in [6, 6.07) is 7.21. The maximum atomic E-state index is 13.7. The number of halogens is 2. The number of carbonyl (C=O) groups excluding carboxylic acids is 2. The standard InChI is InChI=1S/C31H40Cl2N6O4S/c1-35-11-13-36(14-12-35)23-4-9-37(10-5-23)31(8-16-40)19-24(38-20-28-27(7-17-44-28)34-29(38)41)6-15-39(31,30(42)43)21-22-2-3-25(32)26(33)18-22/h2-3,7,16-18,23-24H,4-6,8-15,19-21H2,1H3,(H-,34,41,42,43)/p+1/t24?,31?,39-/m0/s1. The zero-order chi connectivity index (χ0) is 31.1. The van der Waals surface area contributed by atoms with Gasteiger partial charge in [0.2, 0.25) is 0 Å². The molecule has 2 aromatic rings. The number of likely N-dealkylation sites (tertiary alicyclic amines) is 2. The summed E-state index contributed by atoms with van der Waals surface area (Å²) in [4.78, 5) is 49.8. The van der Waals surface area contributed by atoms with Crippen LogP contribution in [0.1, 0.15) is 42.5 Å². The molecule has 1 aromatic carbocycles. The molecule has 2 unspecified atom stereocenters. The third kappa shape index (κ3) is 5.77. The molecule has 0 spiro atoms. The van der Waals surface area contributed by atoms with Crippen LogP contribution in [0.3, 0.4) is 0 Å². The van der Waals surface area contributed by atoms with Crippen molar-refractivity contribution in [3.63, 3.8) is 0 Å². The lowest BCUT2D eigenvalue weighted by Gasteiger charge is -2.59. The number of benzene rings is 1. The van der Waals surface area contributed by atoms with E-state index in [1.165, 1.54) is 0 Å². The van der Waals surface area contributed by atoms with Gasteiger partial charge >= 0.3 is 12.1 Å². The van der Waals surface area contributed by atoms with E-state index in [9.17, 15) is 19.5 Å². The van der Waals surface area contributed by atoms with E-state index in [4.69, 9.17) is 23.2 Å². The molecule has 238 valence electrons. The van der Waals surface area contributed by atoms with Crippen LogP contribution >= 0.6 is 34.5 Å². The van der Waals surface area contributed by atoms with Crippen molar-refractivity contribution in [2.24, 2.45) is 0 Å². The summed E-state index contributed by atoms with van der Waals surface area (Å²) in [5.41, 5.74) is 0.542. The number of carboxylic acid groups (broad SMARTS) is 1. The van der Waals surface area contributed by atoms with Gasteiger partial charge in [0.05, 0.1) is 35.2 Å². The molecule has 0 radical (unpaired) electrons. The van der Waals surface area contributed by atoms with Crippen molar-refractivity contribution in [1.29, 1.82) is 0 Å². The number of anilines is 1. The van der Waals surface area contributed by atoms with Crippen LogP contribution in [0.5, 0.6) is 0 Å². The monoisotopic (exact) mass is 663 g/mol. The molecule has 3 saturated heterocycles. The smallest absolute Gasteiger partial charge is 0.435 e. The third-order valence-corrected chi connectivity index (χ3v) is 12.2. The third-order valence-electron chi connectivity index (χ3n) is 10.5. The molecule has 3 fully saturated rings. The molecular weight excluding hydrogens is 623 g/mol. The number of amides is 3. The van der Waals surface area contributed by atoms with Crippen molar-refractivity contribution in [1.82, 2.24) is 19.6 Å². The molecule has 10 nitrogen and oxygen atoms in total. The predicted octanol–water partition coefficient (Wildman–Crippen LogP) is 5.26. The molecule has 44 heavy (non-hydrogen) atoms. The Kier molecular flexibility index (Phi) is 9.27. The second kappa shape index (κ2) is 12.9. The fourth-order valence-electron chi connectivity index (χ4n) is 8.05. The second-order valence-corrected chi connectivity index (χ2v) is 14.6. The van der Waals surface area contributed by atoms with Gasteiger partial charge in [-0.2, -0.15) is 4.79 Å². The van der Waals surface area contributed by atoms with Gasteiger partial charge in [-0.15, -0.1) is 11.3 Å². The Morgan fingerprint density at radius 1 is 1.09 bits per heavy atom. The topological polar surface area (TPSA) is 96.4 Å². The number of nitrogens with one attached hydrogen (secondary N) is 1. The van der Waals surface area contributed by atoms with E-state index in [-0.39, 0.29) is 36.1 Å². The first-order chi connectivity index (χ1) is 21.2. The molecular formula is C31H41Cl2N6O4S+. The fourth-order valence-corrected chi connectivity index (χ4v) is 9.20. The molecule has 4 aliphatic heterocycles. The van der Waals surface area contributed by atoms with Gasteiger partial charge in [-0.25, -0.2) is 9.28 Å². The number of urea groups is 1. The number of thiophene rings is 1. The van der Waals surface area contributed by atoms with E-state index in [2.05, 4.69) is 27.1 Å². The van der Waals surface area contributed by atoms with Crippen LogP contribution in [0.25, 0.3) is 0 Å². The number of hydrogen-bond donors (Lipinski definition) is 2. The van der Waals surface area contributed by atoms with Crippen LogP contribution in [-0.4, -0.2) is 118 Å². The molecule has 4 aliphatic rings. The van der Waals surface area contributed by atoms with Gasteiger partial charge in [-0.1, -0.05) is 29.3 Å². The average molecular weight is 665 g/mol. The van der Waals surface area contributed by atoms with E-state index in [1.54, 1.807) is 23.5 Å². The van der Waals surface area contributed by atoms with E-state index >= 15 is 0 Å². The molecule has 6 rings (SSSR count). The highest BCUT2D eigenvalue weighted by Crippen LogP contribution is 2.46. The number of carbonyl (C=O) groups is 3. The fraction of sp³-hybridized carbons (Fsp3) is 0.581. The minimum Gasteiger partial charge on any atom is -0.435 e. The SMILES string of the molecule is CN1CCN(C2CCN(C3(CC=O)CC(N4Cc5sccc5NC4=O)CC[N@+]3(Cc3ccc(Cl)c(Cl)c3)C(=O)O)CC2)CC1. The number of piperazine rings is 1. The Balaban J connectivity index is 1.35. The van der Waals surface area contributed by atoms with E-state index in [1.807, 2.05) is 22.4 Å². The summed E-state index contributed by atoms with van der Waals surface area (Å²) in [5, 5.41) is 16.9. The van der Waals surface area contributed by atoms with Gasteiger partial charge in [-0.3, -0.25) is 9.80 Å². The van der Waals surface area contributed by atoms with Gasteiger partial charge in [0, 0.05) is 74.6 Å². The molecule has 13 heteroatoms. The van der Waals surface area contributed by atoms with Crippen molar-refractivity contribution >= 4 is 58.6 Å². The number of fused-ring (bicyclic) bond motifs is 1. The van der Waals surface area contributed by atoms with Crippen LogP contribution < -0.4 is 5.32 Å². The number of nitrogens with zero attached hydrogens (tertiary/aromatic N) is 5. The van der Waals surface area contributed by atoms with Crippen LogP contribution in [0.4, 0.5) is 15.3 Å². The number of quaternary nitrogens is 1. The summed E-state index contributed by atoms with van der Waals surface area (Å²) in [6.45, 7) is 6.44. The maximum Gasteiger partial charge on any atom is 0.515 e. The normalized spacial score (nSPS) is 29.3. The number of piperidine rings is 2. The quantitative estimate of drug-likeness (QED) is 0.308. The zero-order valence-electron chi connectivity index (χ0n) is 25.1. The van der Waals surface area contributed by atoms with Crippen LogP contribution in [-0.2, 0) is 17.9 Å². The maximum absolute atomic E-state index is 13.7. The Bertz CT molecular complexity index is 1390. The Hall–Kier alpha value is -2.25. The van der Waals surface area contributed by atoms with E-state index in [0.717, 1.165) is 61.4 Å². The predicted molar refractivity (Wildman–Crippen MR) is 172 cm³/mol. The van der Waals surface area contributed by atoms with Crippen molar-refractivity contribution in [3.05, 3.63) is 50.1 Å². The van der Waals surface area contributed by atoms with Gasteiger partial charge < -0.3 is 25.0 Å². The summed E-state index contributed by atoms with van der Waals surface area (Å²) < 4.78 is -0.320. The molecule has 0 saturated carbocycles. The first kappa shape index (κ1) is 31.7. The molecule has 5 heterocycles. The highest BCUT2D eigenvalue weighted by Gasteiger charge is 2.64. The van der Waals surface area contributed by atoms with Crippen LogP contribution in [0, 0.1) is 0 Å². The Labute approximate surface area is 272 Å². The Morgan fingerprint density at radius 3 is 2.52 bits per heavy atom. The zero-order valence-corrected chi connectivity index (χ0v) is 27.4. The minimum absolute atomic E-state index is 0.0516. The van der Waals surface area contributed by atoms with Gasteiger partial charge in [-0.05, 0) is 43.5 Å². The first-order valence-corrected chi connectivity index (χ1v) is 17.1. The summed E-state index contributed by atoms with van der Waals surface area (Å²) >= 11 is 14.2. The number of aldehydes is 1. The largest absolute Gasteiger partial charge is 0.515 e. The van der Waals surface area contributed by atoms with Crippen molar-refractivity contribution in [3.8, 4) is 0 Å². The first-order valence-electron chi connectivity index (χ1n) is 15.5. The van der Waals surface area contributed by atoms with E-state index < -0.39 is 11.8 Å². The lowest BCUT2D eigenvalue weighted by Crippen LogP contribution is -2.78. The molecule has 3 atom stereocenters. The molecule has 0 bridgehead atoms. The van der Waals surface area contributed by atoms with E-state index in [0.29, 0.717) is 48.6 Å². The summed E-state index contributed by atoms with van der Waals surface area (Å²) in [6.07, 6.45) is 2.66. The summed E-state index contributed by atoms with van der Waals surface area (Å²) in [7, 11) is 2.15. The van der Waals surface area contributed by atoms with Gasteiger partial charge in [0.15, 0.2) is 5.66 Å². The number of rotatable bonds is 7. The van der Waals surface area contributed by atoms with Crippen molar-refractivity contribution < 1.29 is 24.0 Å².